The summed E-state index contributed by atoms with van der Waals surface area (Å²) >= 11 is 0. The fourth-order valence-electron chi connectivity index (χ4n) is 1.87. The molecule has 4 nitrogen and oxygen atoms in total. The number of oxime groups is 1. The van der Waals surface area contributed by atoms with Crippen LogP contribution in [0.15, 0.2) is 29.4 Å². The van der Waals surface area contributed by atoms with Crippen molar-refractivity contribution < 1.29 is 9.57 Å². The number of nitrogens with zero attached hydrogens (tertiary/aromatic N) is 2. The lowest BCUT2D eigenvalue weighted by molar-refractivity contribution is -0.00475. The van der Waals surface area contributed by atoms with Gasteiger partial charge < -0.3 is 9.57 Å². The zero-order valence-electron chi connectivity index (χ0n) is 10.3. The van der Waals surface area contributed by atoms with E-state index in [1.165, 1.54) is 0 Å². The Morgan fingerprint density at radius 3 is 3.17 bits per heavy atom. The van der Waals surface area contributed by atoms with Gasteiger partial charge in [-0.15, -0.1) is 0 Å². The number of benzene rings is 1. The quantitative estimate of drug-likeness (QED) is 0.815. The van der Waals surface area contributed by atoms with Gasteiger partial charge in [0.25, 0.3) is 0 Å². The smallest absolute Gasteiger partial charge is 0.145 e. The minimum atomic E-state index is -0.548. The zero-order valence-corrected chi connectivity index (χ0v) is 10.3. The van der Waals surface area contributed by atoms with Crippen molar-refractivity contribution in [2.24, 2.45) is 5.16 Å². The van der Waals surface area contributed by atoms with Crippen LogP contribution in [0.2, 0.25) is 0 Å². The average molecular weight is 243 g/mol. The summed E-state index contributed by atoms with van der Waals surface area (Å²) in [5.74, 6) is 0. The van der Waals surface area contributed by atoms with Gasteiger partial charge in [0.2, 0.25) is 0 Å². The molecule has 0 saturated heterocycles. The predicted molar refractivity (Wildman–Crippen MR) is 68.0 cm³/mol. The van der Waals surface area contributed by atoms with Gasteiger partial charge in [-0.2, -0.15) is 5.26 Å². The lowest BCUT2D eigenvalue weighted by Crippen LogP contribution is -2.27. The molecule has 1 unspecified atom stereocenters. The van der Waals surface area contributed by atoms with Crippen LogP contribution in [0.5, 0.6) is 0 Å². The van der Waals surface area contributed by atoms with Gasteiger partial charge in [-0.05, 0) is 19.1 Å². The van der Waals surface area contributed by atoms with Crippen molar-refractivity contribution in [3.63, 3.8) is 0 Å². The first kappa shape index (κ1) is 12.6. The monoisotopic (exact) mass is 243 g/mol. The van der Waals surface area contributed by atoms with Crippen molar-refractivity contribution in [3.05, 3.63) is 42.3 Å². The molecule has 18 heavy (non-hydrogen) atoms. The molecule has 1 radical (unpaired) electrons. The van der Waals surface area contributed by atoms with Crippen LogP contribution in [0.25, 0.3) is 0 Å². The fourth-order valence-corrected chi connectivity index (χ4v) is 1.87. The summed E-state index contributed by atoms with van der Waals surface area (Å²) in [4.78, 5) is 5.40. The summed E-state index contributed by atoms with van der Waals surface area (Å²) < 4.78 is 5.03. The van der Waals surface area contributed by atoms with E-state index >= 15 is 0 Å². The second-order valence-corrected chi connectivity index (χ2v) is 4.42. The molecule has 0 N–H and O–H groups in total. The minimum Gasteiger partial charge on any atom is -0.388 e. The lowest BCUT2D eigenvalue weighted by atomic mass is 9.93. The van der Waals surface area contributed by atoms with Gasteiger partial charge >= 0.3 is 0 Å². The molecule has 0 amide bonds. The third kappa shape index (κ3) is 2.69. The molecule has 0 aromatic heterocycles. The molecule has 1 aliphatic rings. The van der Waals surface area contributed by atoms with Crippen LogP contribution in [-0.4, -0.2) is 25.0 Å². The molecule has 2 rings (SSSR count). The molecule has 93 valence electrons. The highest BCUT2D eigenvalue weighted by Crippen LogP contribution is 2.29. The summed E-state index contributed by atoms with van der Waals surface area (Å²) in [6.45, 7) is 4.63. The van der Waals surface area contributed by atoms with Crippen LogP contribution < -0.4 is 0 Å². The van der Waals surface area contributed by atoms with Crippen LogP contribution >= 0.6 is 0 Å². The molecule has 0 fully saturated rings. The highest BCUT2D eigenvalue weighted by atomic mass is 16.7. The van der Waals surface area contributed by atoms with E-state index in [-0.39, 0.29) is 0 Å². The van der Waals surface area contributed by atoms with Crippen molar-refractivity contribution in [2.45, 2.75) is 18.4 Å². The number of nitriles is 1. The van der Waals surface area contributed by atoms with Gasteiger partial charge in [0, 0.05) is 25.5 Å². The van der Waals surface area contributed by atoms with E-state index in [0.717, 1.165) is 11.3 Å². The maximum absolute atomic E-state index is 8.87. The first-order valence-corrected chi connectivity index (χ1v) is 5.77. The Labute approximate surface area is 107 Å². The number of hydrogen-bond acceptors (Lipinski definition) is 4. The number of hydrogen-bond donors (Lipinski definition) is 0. The SMILES string of the molecule is [CH2]C1(CCOC)CC(c2cccc(C#N)c2)=NO1. The van der Waals surface area contributed by atoms with Gasteiger partial charge in [-0.3, -0.25) is 0 Å². The van der Waals surface area contributed by atoms with Gasteiger partial charge in [0.05, 0.1) is 24.0 Å². The standard InChI is InChI=1S/C14H15N2O2/c1-14(6-7-17-2)9-13(16-18-14)12-5-3-4-11(8-12)10-15/h3-5,8H,1,6-7,9H2,2H3. The molecule has 1 aromatic carbocycles. The van der Waals surface area contributed by atoms with Crippen molar-refractivity contribution in [2.75, 3.05) is 13.7 Å². The predicted octanol–water partition coefficient (Wildman–Crippen LogP) is 2.29. The molecule has 4 heteroatoms. The Bertz CT molecular complexity index is 505. The zero-order chi connectivity index (χ0) is 13.0. The van der Waals surface area contributed by atoms with Crippen LogP contribution in [-0.2, 0) is 9.57 Å². The van der Waals surface area contributed by atoms with Crippen molar-refractivity contribution >= 4 is 5.71 Å². The van der Waals surface area contributed by atoms with Crippen molar-refractivity contribution in [1.82, 2.24) is 0 Å². The largest absolute Gasteiger partial charge is 0.388 e. The summed E-state index contributed by atoms with van der Waals surface area (Å²) in [6.07, 6.45) is 1.32. The summed E-state index contributed by atoms with van der Waals surface area (Å²) in [5.41, 5.74) is 1.82. The normalized spacial score (nSPS) is 22.2. The Morgan fingerprint density at radius 2 is 2.44 bits per heavy atom. The lowest BCUT2D eigenvalue weighted by Gasteiger charge is -2.20. The Balaban J connectivity index is 2.10. The van der Waals surface area contributed by atoms with E-state index in [0.29, 0.717) is 25.0 Å². The fraction of sp³-hybridized carbons (Fsp3) is 0.357. The van der Waals surface area contributed by atoms with E-state index in [9.17, 15) is 0 Å². The number of rotatable bonds is 4. The van der Waals surface area contributed by atoms with E-state index < -0.39 is 5.60 Å². The summed E-state index contributed by atoms with van der Waals surface area (Å²) in [7, 11) is 1.65. The van der Waals surface area contributed by atoms with Gasteiger partial charge in [-0.25, -0.2) is 0 Å². The first-order chi connectivity index (χ1) is 8.67. The average Bonchev–Trinajstić information content (AvgIpc) is 2.80. The molecule has 1 atom stereocenters. The summed E-state index contributed by atoms with van der Waals surface area (Å²) in [5, 5.41) is 13.0. The van der Waals surface area contributed by atoms with E-state index in [1.807, 2.05) is 18.2 Å². The molecule has 1 heterocycles. The van der Waals surface area contributed by atoms with Crippen LogP contribution in [0, 0.1) is 18.3 Å². The molecule has 1 aromatic rings. The molecule has 0 aliphatic carbocycles. The van der Waals surface area contributed by atoms with Crippen molar-refractivity contribution in [3.8, 4) is 6.07 Å². The molecule has 0 spiro atoms. The highest BCUT2D eigenvalue weighted by Gasteiger charge is 2.34. The Kier molecular flexibility index (Phi) is 3.63. The van der Waals surface area contributed by atoms with E-state index in [1.54, 1.807) is 13.2 Å². The molecular formula is C14H15N2O2. The Hall–Kier alpha value is -1.86. The van der Waals surface area contributed by atoms with Gasteiger partial charge in [0.1, 0.15) is 5.60 Å². The van der Waals surface area contributed by atoms with E-state index in [4.69, 9.17) is 14.8 Å². The van der Waals surface area contributed by atoms with Gasteiger partial charge in [-0.1, -0.05) is 17.3 Å². The van der Waals surface area contributed by atoms with Gasteiger partial charge in [0.15, 0.2) is 0 Å². The van der Waals surface area contributed by atoms with Crippen LogP contribution in [0.4, 0.5) is 0 Å². The second-order valence-electron chi connectivity index (χ2n) is 4.42. The van der Waals surface area contributed by atoms with Crippen molar-refractivity contribution in [1.29, 1.82) is 5.26 Å². The highest BCUT2D eigenvalue weighted by molar-refractivity contribution is 6.01. The molecular weight excluding hydrogens is 228 g/mol. The summed E-state index contributed by atoms with van der Waals surface area (Å²) in [6, 6.07) is 9.45. The Morgan fingerprint density at radius 1 is 1.61 bits per heavy atom. The number of methoxy groups -OCH3 is 1. The van der Waals surface area contributed by atoms with E-state index in [2.05, 4.69) is 18.1 Å². The molecule has 0 saturated carbocycles. The number of ether oxygens (including phenoxy) is 1. The molecule has 0 bridgehead atoms. The second kappa shape index (κ2) is 5.19. The van der Waals surface area contributed by atoms with Crippen LogP contribution in [0.1, 0.15) is 24.0 Å². The maximum atomic E-state index is 8.87. The van der Waals surface area contributed by atoms with Crippen LogP contribution in [0.3, 0.4) is 0 Å². The first-order valence-electron chi connectivity index (χ1n) is 5.77. The topological polar surface area (TPSA) is 54.6 Å². The minimum absolute atomic E-state index is 0.548. The maximum Gasteiger partial charge on any atom is 0.145 e. The molecule has 1 aliphatic heterocycles. The third-order valence-electron chi connectivity index (χ3n) is 2.93. The third-order valence-corrected chi connectivity index (χ3v) is 2.93.